The minimum atomic E-state index is 0.631. The first kappa shape index (κ1) is 13.8. The third-order valence-corrected chi connectivity index (χ3v) is 4.54. The van der Waals surface area contributed by atoms with Gasteiger partial charge in [0, 0.05) is 37.7 Å². The van der Waals surface area contributed by atoms with Crippen LogP contribution in [0.15, 0.2) is 23.8 Å². The van der Waals surface area contributed by atoms with E-state index in [-0.39, 0.29) is 0 Å². The van der Waals surface area contributed by atoms with Crippen LogP contribution in [0.1, 0.15) is 29.6 Å². The molecule has 0 radical (unpaired) electrons. The Morgan fingerprint density at radius 3 is 3.15 bits per heavy atom. The first-order chi connectivity index (χ1) is 9.86. The van der Waals surface area contributed by atoms with Crippen LogP contribution in [-0.2, 0) is 31.0 Å². The summed E-state index contributed by atoms with van der Waals surface area (Å²) >= 11 is 1.84. The van der Waals surface area contributed by atoms with Gasteiger partial charge in [-0.25, -0.2) is 4.98 Å². The number of hydrogen-bond donors (Lipinski definition) is 0. The molecule has 0 aromatic carbocycles. The lowest BCUT2D eigenvalue weighted by Gasteiger charge is -2.19. The molecule has 3 rings (SSSR count). The Balaban J connectivity index is 1.73. The number of ether oxygens (including phenoxy) is 1. The van der Waals surface area contributed by atoms with Crippen LogP contribution in [0.4, 0.5) is 0 Å². The van der Waals surface area contributed by atoms with Crippen LogP contribution in [0, 0.1) is 0 Å². The van der Waals surface area contributed by atoms with Crippen molar-refractivity contribution in [3.05, 3.63) is 40.1 Å². The Labute approximate surface area is 124 Å². The zero-order chi connectivity index (χ0) is 13.8. The number of nitrogens with zero attached hydrogens (tertiary/aromatic N) is 3. The molecule has 0 bridgehead atoms. The summed E-state index contributed by atoms with van der Waals surface area (Å²) in [5, 5.41) is 2.15. The lowest BCUT2D eigenvalue weighted by atomic mass is 10.3. The van der Waals surface area contributed by atoms with Crippen molar-refractivity contribution in [3.63, 3.8) is 0 Å². The molecule has 2 aromatic rings. The van der Waals surface area contributed by atoms with Crippen molar-refractivity contribution >= 4 is 11.3 Å². The van der Waals surface area contributed by atoms with Gasteiger partial charge in [-0.1, -0.05) is 6.07 Å². The van der Waals surface area contributed by atoms with E-state index in [1.165, 1.54) is 17.0 Å². The predicted octanol–water partition coefficient (Wildman–Crippen LogP) is 2.89. The van der Waals surface area contributed by atoms with Crippen LogP contribution < -0.4 is 0 Å². The van der Waals surface area contributed by atoms with E-state index < -0.39 is 0 Å². The van der Waals surface area contributed by atoms with E-state index in [0.717, 1.165) is 38.5 Å². The fourth-order valence-electron chi connectivity index (χ4n) is 2.66. The molecular weight excluding hydrogens is 270 g/mol. The van der Waals surface area contributed by atoms with Gasteiger partial charge >= 0.3 is 0 Å². The highest BCUT2D eigenvalue weighted by Crippen LogP contribution is 2.20. The predicted molar refractivity (Wildman–Crippen MR) is 80.6 cm³/mol. The van der Waals surface area contributed by atoms with Gasteiger partial charge in [-0.2, -0.15) is 0 Å². The minimum absolute atomic E-state index is 0.631. The van der Waals surface area contributed by atoms with E-state index >= 15 is 0 Å². The van der Waals surface area contributed by atoms with E-state index in [2.05, 4.69) is 32.0 Å². The molecule has 0 atom stereocenters. The molecule has 20 heavy (non-hydrogen) atoms. The highest BCUT2D eigenvalue weighted by Gasteiger charge is 2.18. The second-order valence-corrected chi connectivity index (χ2v) is 6.14. The molecule has 0 aliphatic carbocycles. The molecular formula is C15H21N3OS. The third kappa shape index (κ3) is 3.11. The molecule has 0 unspecified atom stereocenters. The summed E-state index contributed by atoms with van der Waals surface area (Å²) in [6.45, 7) is 7.62. The van der Waals surface area contributed by atoms with E-state index in [4.69, 9.17) is 4.74 Å². The van der Waals surface area contributed by atoms with E-state index in [1.807, 2.05) is 24.6 Å². The number of fused-ring (bicyclic) bond motifs is 1. The molecule has 2 aromatic heterocycles. The molecule has 4 nitrogen and oxygen atoms in total. The summed E-state index contributed by atoms with van der Waals surface area (Å²) in [6, 6.07) is 4.34. The van der Waals surface area contributed by atoms with Gasteiger partial charge in [0.25, 0.3) is 0 Å². The monoisotopic (exact) mass is 291 g/mol. The Hall–Kier alpha value is -1.17. The number of aromatic nitrogens is 2. The van der Waals surface area contributed by atoms with Crippen LogP contribution in [0.2, 0.25) is 0 Å². The van der Waals surface area contributed by atoms with Gasteiger partial charge in [0.15, 0.2) is 0 Å². The standard InChI is InChI=1S/C15H21N3OS/c1-2-19-11-14-15-10-17(9-13-5-3-8-20-13)6-4-7-18(15)12-16-14/h3,5,8,12H,2,4,6-7,9-11H2,1H3. The summed E-state index contributed by atoms with van der Waals surface area (Å²) in [6.07, 6.45) is 3.15. The van der Waals surface area contributed by atoms with Gasteiger partial charge in [-0.3, -0.25) is 4.90 Å². The maximum atomic E-state index is 5.53. The Morgan fingerprint density at radius 1 is 1.40 bits per heavy atom. The van der Waals surface area contributed by atoms with Crippen molar-refractivity contribution in [2.45, 2.75) is 39.6 Å². The summed E-state index contributed by atoms with van der Waals surface area (Å²) in [4.78, 5) is 8.47. The maximum Gasteiger partial charge on any atom is 0.0953 e. The smallest absolute Gasteiger partial charge is 0.0953 e. The van der Waals surface area contributed by atoms with Crippen molar-refractivity contribution in [1.29, 1.82) is 0 Å². The van der Waals surface area contributed by atoms with Gasteiger partial charge in [0.1, 0.15) is 0 Å². The zero-order valence-corrected chi connectivity index (χ0v) is 12.7. The Kier molecular flexibility index (Phi) is 4.50. The lowest BCUT2D eigenvalue weighted by molar-refractivity contribution is 0.130. The number of rotatable bonds is 5. The largest absolute Gasteiger partial charge is 0.375 e. The highest BCUT2D eigenvalue weighted by atomic mass is 32.1. The average molecular weight is 291 g/mol. The second-order valence-electron chi connectivity index (χ2n) is 5.11. The molecule has 0 saturated carbocycles. The molecule has 108 valence electrons. The third-order valence-electron chi connectivity index (χ3n) is 3.68. The number of thiophene rings is 1. The van der Waals surface area contributed by atoms with Crippen molar-refractivity contribution in [2.24, 2.45) is 0 Å². The average Bonchev–Trinajstić information content (AvgIpc) is 3.03. The summed E-state index contributed by atoms with van der Waals surface area (Å²) in [5.74, 6) is 0. The molecule has 1 aliphatic rings. The summed E-state index contributed by atoms with van der Waals surface area (Å²) < 4.78 is 7.83. The van der Waals surface area contributed by atoms with Crippen molar-refractivity contribution < 1.29 is 4.74 Å². The van der Waals surface area contributed by atoms with Gasteiger partial charge < -0.3 is 9.30 Å². The quantitative estimate of drug-likeness (QED) is 0.848. The van der Waals surface area contributed by atoms with Crippen LogP contribution in [0.5, 0.6) is 0 Å². The van der Waals surface area contributed by atoms with Crippen molar-refractivity contribution in [3.8, 4) is 0 Å². The molecule has 0 saturated heterocycles. The fraction of sp³-hybridized carbons (Fsp3) is 0.533. The van der Waals surface area contributed by atoms with Crippen LogP contribution >= 0.6 is 11.3 Å². The van der Waals surface area contributed by atoms with Crippen LogP contribution in [-0.4, -0.2) is 27.6 Å². The first-order valence-electron chi connectivity index (χ1n) is 7.22. The molecule has 3 heterocycles. The molecule has 1 aliphatic heterocycles. The summed E-state index contributed by atoms with van der Waals surface area (Å²) in [5.41, 5.74) is 2.43. The molecule has 0 amide bonds. The lowest BCUT2D eigenvalue weighted by Crippen LogP contribution is -2.23. The van der Waals surface area contributed by atoms with E-state index in [1.54, 1.807) is 0 Å². The normalized spacial score (nSPS) is 16.1. The zero-order valence-electron chi connectivity index (χ0n) is 11.9. The van der Waals surface area contributed by atoms with Gasteiger partial charge in [0.05, 0.1) is 24.3 Å². The molecule has 0 spiro atoms. The summed E-state index contributed by atoms with van der Waals surface area (Å²) in [7, 11) is 0. The number of hydrogen-bond acceptors (Lipinski definition) is 4. The fourth-order valence-corrected chi connectivity index (χ4v) is 3.40. The molecule has 5 heteroatoms. The minimum Gasteiger partial charge on any atom is -0.375 e. The van der Waals surface area contributed by atoms with Crippen molar-refractivity contribution in [2.75, 3.05) is 13.2 Å². The van der Waals surface area contributed by atoms with E-state index in [9.17, 15) is 0 Å². The second kappa shape index (κ2) is 6.52. The SMILES string of the molecule is CCOCc1ncn2c1CN(Cc1cccs1)CCC2. The van der Waals surface area contributed by atoms with Gasteiger partial charge in [-0.15, -0.1) is 11.3 Å². The van der Waals surface area contributed by atoms with Crippen LogP contribution in [0.25, 0.3) is 0 Å². The Bertz CT molecular complexity index is 535. The highest BCUT2D eigenvalue weighted by molar-refractivity contribution is 7.09. The first-order valence-corrected chi connectivity index (χ1v) is 8.10. The maximum absolute atomic E-state index is 5.53. The van der Waals surface area contributed by atoms with Gasteiger partial charge in [-0.05, 0) is 24.8 Å². The topological polar surface area (TPSA) is 30.3 Å². The number of aryl methyl sites for hydroxylation is 1. The Morgan fingerprint density at radius 2 is 2.35 bits per heavy atom. The number of imidazole rings is 1. The van der Waals surface area contributed by atoms with Crippen molar-refractivity contribution in [1.82, 2.24) is 14.5 Å². The van der Waals surface area contributed by atoms with E-state index in [0.29, 0.717) is 6.61 Å². The molecule has 0 N–H and O–H groups in total. The van der Waals surface area contributed by atoms with Gasteiger partial charge in [0.2, 0.25) is 0 Å². The van der Waals surface area contributed by atoms with Crippen LogP contribution in [0.3, 0.4) is 0 Å². The molecule has 0 fully saturated rings.